The van der Waals surface area contributed by atoms with Crippen LogP contribution in [0, 0.1) is 13.8 Å². The molecule has 0 fully saturated rings. The summed E-state index contributed by atoms with van der Waals surface area (Å²) in [7, 11) is 0. The molecule has 3 rings (SSSR count). The summed E-state index contributed by atoms with van der Waals surface area (Å²) in [5.41, 5.74) is 9.92. The third kappa shape index (κ3) is 4.47. The van der Waals surface area contributed by atoms with Crippen LogP contribution in [0.4, 0.5) is 0 Å². The molecule has 0 saturated heterocycles. The molecule has 2 N–H and O–H groups in total. The van der Waals surface area contributed by atoms with Gasteiger partial charge in [-0.1, -0.05) is 30.3 Å². The molecule has 0 aliphatic carbocycles. The first-order valence-electron chi connectivity index (χ1n) is 8.80. The van der Waals surface area contributed by atoms with E-state index >= 15 is 0 Å². The summed E-state index contributed by atoms with van der Waals surface area (Å²) in [4.78, 5) is 35.0. The lowest BCUT2D eigenvalue weighted by Gasteiger charge is -2.22. The van der Waals surface area contributed by atoms with Crippen molar-refractivity contribution >= 4 is 22.8 Å². The number of hydrogen-bond acceptors (Lipinski definition) is 4. The molecule has 0 radical (unpaired) electrons. The number of aryl methyl sites for hydroxylation is 2. The SMILES string of the molecule is Cc1nc2ccc(C(=O)N(CCC(N)=O)Cc3ccccc3)cc2nc1C. The van der Waals surface area contributed by atoms with E-state index in [1.807, 2.05) is 44.2 Å². The van der Waals surface area contributed by atoms with Crippen molar-refractivity contribution in [1.29, 1.82) is 0 Å². The molecule has 0 saturated carbocycles. The van der Waals surface area contributed by atoms with Crippen molar-refractivity contribution in [2.24, 2.45) is 5.73 Å². The van der Waals surface area contributed by atoms with Crippen LogP contribution in [0.15, 0.2) is 48.5 Å². The quantitative estimate of drug-likeness (QED) is 0.730. The molecule has 3 aromatic rings. The molecule has 0 aliphatic heterocycles. The number of amides is 2. The fraction of sp³-hybridized carbons (Fsp3) is 0.238. The van der Waals surface area contributed by atoms with Gasteiger partial charge in [-0.3, -0.25) is 9.59 Å². The summed E-state index contributed by atoms with van der Waals surface area (Å²) in [6.07, 6.45) is 0.115. The number of benzene rings is 2. The number of hydrogen-bond donors (Lipinski definition) is 1. The van der Waals surface area contributed by atoms with Gasteiger partial charge in [0, 0.05) is 25.1 Å². The Morgan fingerprint density at radius 1 is 0.963 bits per heavy atom. The van der Waals surface area contributed by atoms with E-state index in [1.165, 1.54) is 0 Å². The second-order valence-corrected chi connectivity index (χ2v) is 6.53. The second kappa shape index (κ2) is 7.95. The van der Waals surface area contributed by atoms with Gasteiger partial charge in [-0.2, -0.15) is 0 Å². The monoisotopic (exact) mass is 362 g/mol. The zero-order valence-corrected chi connectivity index (χ0v) is 15.5. The van der Waals surface area contributed by atoms with Crippen molar-refractivity contribution in [2.45, 2.75) is 26.8 Å². The molecule has 0 bridgehead atoms. The third-order valence-corrected chi connectivity index (χ3v) is 4.45. The van der Waals surface area contributed by atoms with Crippen molar-refractivity contribution in [3.8, 4) is 0 Å². The van der Waals surface area contributed by atoms with E-state index < -0.39 is 5.91 Å². The van der Waals surface area contributed by atoms with Crippen molar-refractivity contribution in [3.05, 3.63) is 71.0 Å². The van der Waals surface area contributed by atoms with Crippen LogP contribution in [0.5, 0.6) is 0 Å². The van der Waals surface area contributed by atoms with Crippen LogP contribution >= 0.6 is 0 Å². The normalized spacial score (nSPS) is 10.7. The van der Waals surface area contributed by atoms with E-state index in [4.69, 9.17) is 5.73 Å². The highest BCUT2D eigenvalue weighted by atomic mass is 16.2. The molecule has 6 heteroatoms. The summed E-state index contributed by atoms with van der Waals surface area (Å²) >= 11 is 0. The zero-order valence-electron chi connectivity index (χ0n) is 15.5. The Labute approximate surface area is 158 Å². The van der Waals surface area contributed by atoms with Gasteiger partial charge in [-0.15, -0.1) is 0 Å². The van der Waals surface area contributed by atoms with Crippen molar-refractivity contribution in [1.82, 2.24) is 14.9 Å². The molecule has 0 atom stereocenters. The van der Waals surface area contributed by atoms with Gasteiger partial charge in [0.05, 0.1) is 22.4 Å². The number of rotatable bonds is 6. The van der Waals surface area contributed by atoms with Crippen molar-refractivity contribution < 1.29 is 9.59 Å². The first-order valence-corrected chi connectivity index (χ1v) is 8.80. The molecule has 0 unspecified atom stereocenters. The Bertz CT molecular complexity index is 986. The third-order valence-electron chi connectivity index (χ3n) is 4.45. The van der Waals surface area contributed by atoms with E-state index in [0.29, 0.717) is 17.6 Å². The molecule has 1 heterocycles. The number of primary amides is 1. The van der Waals surface area contributed by atoms with Crippen LogP contribution in [0.25, 0.3) is 11.0 Å². The van der Waals surface area contributed by atoms with E-state index in [9.17, 15) is 9.59 Å². The molecule has 2 amide bonds. The molecule has 27 heavy (non-hydrogen) atoms. The Morgan fingerprint density at radius 2 is 1.63 bits per heavy atom. The standard InChI is InChI=1S/C21H22N4O2/c1-14-15(2)24-19-12-17(8-9-18(19)23-14)21(27)25(11-10-20(22)26)13-16-6-4-3-5-7-16/h3-9,12H,10-11,13H2,1-2H3,(H2,22,26). The number of nitrogens with two attached hydrogens (primary N) is 1. The Kier molecular flexibility index (Phi) is 5.45. The zero-order chi connectivity index (χ0) is 19.4. The fourth-order valence-electron chi connectivity index (χ4n) is 2.85. The summed E-state index contributed by atoms with van der Waals surface area (Å²) in [5.74, 6) is -0.599. The lowest BCUT2D eigenvalue weighted by atomic mass is 10.1. The van der Waals surface area contributed by atoms with Gasteiger partial charge in [0.25, 0.3) is 5.91 Å². The highest BCUT2D eigenvalue weighted by Crippen LogP contribution is 2.17. The average molecular weight is 362 g/mol. The number of aromatic nitrogens is 2. The Morgan fingerprint density at radius 3 is 2.30 bits per heavy atom. The largest absolute Gasteiger partial charge is 0.370 e. The first-order chi connectivity index (χ1) is 12.9. The maximum absolute atomic E-state index is 13.1. The predicted molar refractivity (Wildman–Crippen MR) is 104 cm³/mol. The highest BCUT2D eigenvalue weighted by molar-refractivity contribution is 5.97. The van der Waals surface area contributed by atoms with Gasteiger partial charge in [-0.25, -0.2) is 9.97 Å². The van der Waals surface area contributed by atoms with Gasteiger partial charge in [0.1, 0.15) is 0 Å². The topological polar surface area (TPSA) is 89.2 Å². The summed E-state index contributed by atoms with van der Waals surface area (Å²) in [6.45, 7) is 4.47. The van der Waals surface area contributed by atoms with Crippen LogP contribution in [0.1, 0.15) is 33.7 Å². The Hall–Kier alpha value is -3.28. The molecule has 1 aromatic heterocycles. The summed E-state index contributed by atoms with van der Waals surface area (Å²) in [5, 5.41) is 0. The number of carbonyl (C=O) groups is 2. The van der Waals surface area contributed by atoms with E-state index in [-0.39, 0.29) is 18.9 Å². The molecule has 0 aliphatic rings. The van der Waals surface area contributed by atoms with Gasteiger partial charge in [-0.05, 0) is 37.6 Å². The summed E-state index contributed by atoms with van der Waals surface area (Å²) in [6, 6.07) is 15.0. The van der Waals surface area contributed by atoms with Crippen LogP contribution < -0.4 is 5.73 Å². The molecular weight excluding hydrogens is 340 g/mol. The number of carbonyl (C=O) groups excluding carboxylic acids is 2. The smallest absolute Gasteiger partial charge is 0.254 e. The van der Waals surface area contributed by atoms with Crippen molar-refractivity contribution in [2.75, 3.05) is 6.54 Å². The van der Waals surface area contributed by atoms with Gasteiger partial charge in [0.15, 0.2) is 0 Å². The van der Waals surface area contributed by atoms with E-state index in [1.54, 1.807) is 23.1 Å². The maximum atomic E-state index is 13.1. The van der Waals surface area contributed by atoms with Gasteiger partial charge < -0.3 is 10.6 Å². The number of fused-ring (bicyclic) bond motifs is 1. The minimum Gasteiger partial charge on any atom is -0.370 e. The van der Waals surface area contributed by atoms with Crippen LogP contribution in [-0.4, -0.2) is 33.2 Å². The lowest BCUT2D eigenvalue weighted by Crippen LogP contribution is -2.33. The van der Waals surface area contributed by atoms with Gasteiger partial charge in [0.2, 0.25) is 5.91 Å². The maximum Gasteiger partial charge on any atom is 0.254 e. The second-order valence-electron chi connectivity index (χ2n) is 6.53. The minimum atomic E-state index is -0.434. The van der Waals surface area contributed by atoms with E-state index in [0.717, 1.165) is 22.5 Å². The van der Waals surface area contributed by atoms with Crippen molar-refractivity contribution in [3.63, 3.8) is 0 Å². The average Bonchev–Trinajstić information content (AvgIpc) is 2.66. The molecule has 2 aromatic carbocycles. The van der Waals surface area contributed by atoms with Crippen LogP contribution in [0.3, 0.4) is 0 Å². The fourth-order valence-corrected chi connectivity index (χ4v) is 2.85. The molecule has 0 spiro atoms. The molecular formula is C21H22N4O2. The number of nitrogens with zero attached hydrogens (tertiary/aromatic N) is 3. The van der Waals surface area contributed by atoms with E-state index in [2.05, 4.69) is 9.97 Å². The first kappa shape index (κ1) is 18.5. The minimum absolute atomic E-state index is 0.115. The van der Waals surface area contributed by atoms with Crippen LogP contribution in [0.2, 0.25) is 0 Å². The summed E-state index contributed by atoms with van der Waals surface area (Å²) < 4.78 is 0. The highest BCUT2D eigenvalue weighted by Gasteiger charge is 2.18. The van der Waals surface area contributed by atoms with Gasteiger partial charge >= 0.3 is 0 Å². The molecule has 6 nitrogen and oxygen atoms in total. The lowest BCUT2D eigenvalue weighted by molar-refractivity contribution is -0.118. The molecule has 138 valence electrons. The Balaban J connectivity index is 1.91. The predicted octanol–water partition coefficient (Wildman–Crippen LogP) is 2.76. The van der Waals surface area contributed by atoms with Crippen LogP contribution in [-0.2, 0) is 11.3 Å².